The van der Waals surface area contributed by atoms with Crippen molar-refractivity contribution in [2.45, 2.75) is 63.1 Å². The maximum atomic E-state index is 13.1. The predicted molar refractivity (Wildman–Crippen MR) is 128 cm³/mol. The summed E-state index contributed by atoms with van der Waals surface area (Å²) < 4.78 is 32.9. The van der Waals surface area contributed by atoms with Gasteiger partial charge in [-0.2, -0.15) is 0 Å². The SMILES string of the molecule is CC(CC1CCCC1)N1Cc2cccc(NS(=O)(=O)c3ccc(-c4csnn4)cc3)c2C1. The third-order valence-electron chi connectivity index (χ3n) is 6.84. The zero-order chi connectivity index (χ0) is 22.1. The van der Waals surface area contributed by atoms with E-state index in [-0.39, 0.29) is 4.90 Å². The lowest BCUT2D eigenvalue weighted by Gasteiger charge is -2.26. The van der Waals surface area contributed by atoms with Gasteiger partial charge in [0.1, 0.15) is 5.69 Å². The van der Waals surface area contributed by atoms with Gasteiger partial charge >= 0.3 is 0 Å². The van der Waals surface area contributed by atoms with Crippen LogP contribution >= 0.6 is 11.5 Å². The number of fused-ring (bicyclic) bond motifs is 1. The second-order valence-electron chi connectivity index (χ2n) is 9.00. The van der Waals surface area contributed by atoms with Crippen molar-refractivity contribution in [2.24, 2.45) is 5.92 Å². The second-order valence-corrected chi connectivity index (χ2v) is 11.3. The molecule has 2 aliphatic rings. The topological polar surface area (TPSA) is 75.2 Å². The quantitative estimate of drug-likeness (QED) is 0.510. The van der Waals surface area contributed by atoms with E-state index in [9.17, 15) is 8.42 Å². The van der Waals surface area contributed by atoms with Crippen LogP contribution in [0.15, 0.2) is 52.7 Å². The first kappa shape index (κ1) is 21.6. The van der Waals surface area contributed by atoms with Crippen LogP contribution in [-0.4, -0.2) is 28.9 Å². The van der Waals surface area contributed by atoms with Crippen LogP contribution in [-0.2, 0) is 23.1 Å². The van der Waals surface area contributed by atoms with Gasteiger partial charge in [-0.05, 0) is 60.1 Å². The molecular formula is C24H28N4O2S2. The highest BCUT2D eigenvalue weighted by molar-refractivity contribution is 7.92. The molecule has 5 rings (SSSR count). The molecule has 1 unspecified atom stereocenters. The molecule has 8 heteroatoms. The molecule has 0 radical (unpaired) electrons. The van der Waals surface area contributed by atoms with Gasteiger partial charge in [0.05, 0.1) is 10.6 Å². The van der Waals surface area contributed by atoms with Crippen LogP contribution in [0.3, 0.4) is 0 Å². The van der Waals surface area contributed by atoms with Crippen molar-refractivity contribution in [3.8, 4) is 11.3 Å². The number of hydrogen-bond acceptors (Lipinski definition) is 6. The van der Waals surface area contributed by atoms with Gasteiger partial charge in [0, 0.05) is 30.1 Å². The first-order chi connectivity index (χ1) is 15.5. The zero-order valence-corrected chi connectivity index (χ0v) is 19.8. The number of nitrogens with one attached hydrogen (secondary N) is 1. The number of anilines is 1. The van der Waals surface area contributed by atoms with Gasteiger partial charge in [0.2, 0.25) is 0 Å². The smallest absolute Gasteiger partial charge is 0.261 e. The summed E-state index contributed by atoms with van der Waals surface area (Å²) in [4.78, 5) is 2.73. The summed E-state index contributed by atoms with van der Waals surface area (Å²) in [6, 6.07) is 13.2. The van der Waals surface area contributed by atoms with Gasteiger partial charge < -0.3 is 0 Å². The molecule has 6 nitrogen and oxygen atoms in total. The van der Waals surface area contributed by atoms with Gasteiger partial charge in [-0.1, -0.05) is 54.4 Å². The van der Waals surface area contributed by atoms with E-state index >= 15 is 0 Å². The Labute approximate surface area is 193 Å². The molecule has 168 valence electrons. The van der Waals surface area contributed by atoms with Crippen molar-refractivity contribution in [1.82, 2.24) is 14.5 Å². The highest BCUT2D eigenvalue weighted by atomic mass is 32.2. The normalized spacial score (nSPS) is 18.0. The summed E-state index contributed by atoms with van der Waals surface area (Å²) in [6.45, 7) is 3.99. The lowest BCUT2D eigenvalue weighted by atomic mass is 9.98. The van der Waals surface area contributed by atoms with Gasteiger partial charge in [-0.25, -0.2) is 8.42 Å². The summed E-state index contributed by atoms with van der Waals surface area (Å²) in [5.74, 6) is 0.842. The van der Waals surface area contributed by atoms with Crippen molar-refractivity contribution in [2.75, 3.05) is 4.72 Å². The Morgan fingerprint density at radius 1 is 1.12 bits per heavy atom. The second kappa shape index (κ2) is 8.92. The molecule has 0 saturated heterocycles. The van der Waals surface area contributed by atoms with Gasteiger partial charge in [0.15, 0.2) is 0 Å². The Hall–Kier alpha value is -2.29. The van der Waals surface area contributed by atoms with Crippen LogP contribution in [0, 0.1) is 5.92 Å². The summed E-state index contributed by atoms with van der Waals surface area (Å²) in [6.07, 6.45) is 6.67. The number of aromatic nitrogens is 2. The Morgan fingerprint density at radius 3 is 2.62 bits per heavy atom. The molecule has 3 aromatic rings. The predicted octanol–water partition coefficient (Wildman–Crippen LogP) is 5.29. The lowest BCUT2D eigenvalue weighted by Crippen LogP contribution is -2.29. The van der Waals surface area contributed by atoms with Crippen molar-refractivity contribution < 1.29 is 8.42 Å². The zero-order valence-electron chi connectivity index (χ0n) is 18.2. The third kappa shape index (κ3) is 4.44. The van der Waals surface area contributed by atoms with Crippen molar-refractivity contribution >= 4 is 27.2 Å². The Kier molecular flexibility index (Phi) is 6.01. The molecule has 1 aromatic heterocycles. The highest BCUT2D eigenvalue weighted by Gasteiger charge is 2.29. The molecule has 2 aromatic carbocycles. The van der Waals surface area contributed by atoms with E-state index in [1.54, 1.807) is 24.3 Å². The number of benzene rings is 2. The molecule has 1 saturated carbocycles. The van der Waals surface area contributed by atoms with E-state index in [0.29, 0.717) is 11.7 Å². The van der Waals surface area contributed by atoms with Crippen LogP contribution in [0.2, 0.25) is 0 Å². The molecule has 0 amide bonds. The summed E-state index contributed by atoms with van der Waals surface area (Å²) in [7, 11) is -3.68. The lowest BCUT2D eigenvalue weighted by molar-refractivity contribution is 0.183. The maximum absolute atomic E-state index is 13.1. The standard InChI is InChI=1S/C24H28N4O2S2/c1-17(13-18-5-2-3-6-18)28-14-20-7-4-8-23(22(20)15-28)26-32(29,30)21-11-9-19(10-12-21)24-16-31-27-25-24/h4,7-12,16-18,26H,2-3,5-6,13-15H2,1H3. The molecule has 1 N–H and O–H groups in total. The summed E-state index contributed by atoms with van der Waals surface area (Å²) >= 11 is 1.27. The molecule has 1 atom stereocenters. The monoisotopic (exact) mass is 468 g/mol. The van der Waals surface area contributed by atoms with Crippen LogP contribution < -0.4 is 4.72 Å². The summed E-state index contributed by atoms with van der Waals surface area (Å²) in [5, 5.41) is 5.88. The van der Waals surface area contributed by atoms with Crippen LogP contribution in [0.5, 0.6) is 0 Å². The molecule has 2 heterocycles. The first-order valence-electron chi connectivity index (χ1n) is 11.2. The average molecular weight is 469 g/mol. The number of sulfonamides is 1. The fourth-order valence-corrected chi connectivity index (χ4v) is 6.59. The number of rotatable bonds is 7. The van der Waals surface area contributed by atoms with Crippen molar-refractivity contribution in [1.29, 1.82) is 0 Å². The van der Waals surface area contributed by atoms with E-state index in [2.05, 4.69) is 32.2 Å². The van der Waals surface area contributed by atoms with Gasteiger partial charge in [-0.15, -0.1) is 5.10 Å². The summed E-state index contributed by atoms with van der Waals surface area (Å²) in [5.41, 5.74) is 4.60. The van der Waals surface area contributed by atoms with Crippen LogP contribution in [0.4, 0.5) is 5.69 Å². The Balaban J connectivity index is 1.31. The van der Waals surface area contributed by atoms with Gasteiger partial charge in [-0.3, -0.25) is 9.62 Å². The average Bonchev–Trinajstić information content (AvgIpc) is 3.55. The van der Waals surface area contributed by atoms with E-state index in [4.69, 9.17) is 0 Å². The minimum absolute atomic E-state index is 0.242. The Bertz CT molecular complexity index is 1170. The highest BCUT2D eigenvalue weighted by Crippen LogP contribution is 2.35. The fraction of sp³-hybridized carbons (Fsp3) is 0.417. The van der Waals surface area contributed by atoms with E-state index in [1.165, 1.54) is 49.2 Å². The third-order valence-corrected chi connectivity index (χ3v) is 8.73. The molecule has 1 aliphatic heterocycles. The first-order valence-corrected chi connectivity index (χ1v) is 13.6. The minimum atomic E-state index is -3.68. The molecule has 0 bridgehead atoms. The Morgan fingerprint density at radius 2 is 1.91 bits per heavy atom. The number of nitrogens with zero attached hydrogens (tertiary/aromatic N) is 3. The van der Waals surface area contributed by atoms with Crippen molar-refractivity contribution in [3.05, 3.63) is 59.0 Å². The molecule has 32 heavy (non-hydrogen) atoms. The maximum Gasteiger partial charge on any atom is 0.261 e. The molecular weight excluding hydrogens is 440 g/mol. The van der Waals surface area contributed by atoms with E-state index in [0.717, 1.165) is 35.8 Å². The molecule has 0 spiro atoms. The van der Waals surface area contributed by atoms with Crippen molar-refractivity contribution in [3.63, 3.8) is 0 Å². The van der Waals surface area contributed by atoms with Crippen LogP contribution in [0.25, 0.3) is 11.3 Å². The molecule has 1 aliphatic carbocycles. The van der Waals surface area contributed by atoms with Gasteiger partial charge in [0.25, 0.3) is 10.0 Å². The minimum Gasteiger partial charge on any atom is -0.292 e. The largest absolute Gasteiger partial charge is 0.292 e. The number of hydrogen-bond donors (Lipinski definition) is 1. The van der Waals surface area contributed by atoms with E-state index < -0.39 is 10.0 Å². The molecule has 1 fully saturated rings. The van der Waals surface area contributed by atoms with E-state index in [1.807, 2.05) is 17.5 Å². The van der Waals surface area contributed by atoms with Crippen LogP contribution in [0.1, 0.15) is 50.2 Å². The fourth-order valence-electron chi connectivity index (χ4n) is 5.03.